The van der Waals surface area contributed by atoms with Crippen molar-refractivity contribution in [2.45, 2.75) is 11.5 Å². The molecule has 8 heteroatoms. The van der Waals surface area contributed by atoms with Crippen molar-refractivity contribution in [3.05, 3.63) is 93.9 Å². The molecule has 1 amide bonds. The average molecular weight is 417 g/mol. The second-order valence-corrected chi connectivity index (χ2v) is 7.92. The van der Waals surface area contributed by atoms with Gasteiger partial charge in [0.25, 0.3) is 5.69 Å². The van der Waals surface area contributed by atoms with Crippen LogP contribution in [0.1, 0.15) is 27.6 Å². The summed E-state index contributed by atoms with van der Waals surface area (Å²) in [5.74, 6) is -1.48. The van der Waals surface area contributed by atoms with Crippen LogP contribution in [0, 0.1) is 16.0 Å². The first-order valence-electron chi connectivity index (χ1n) is 9.89. The van der Waals surface area contributed by atoms with Crippen molar-refractivity contribution in [1.82, 2.24) is 4.90 Å². The van der Waals surface area contributed by atoms with E-state index < -0.39 is 16.4 Å². The zero-order valence-electron chi connectivity index (χ0n) is 16.6. The summed E-state index contributed by atoms with van der Waals surface area (Å²) in [6, 6.07) is 16.8. The van der Waals surface area contributed by atoms with E-state index in [0.717, 1.165) is 11.1 Å². The first-order chi connectivity index (χ1) is 14.9. The molecule has 1 aromatic heterocycles. The minimum absolute atomic E-state index is 0.0253. The maximum absolute atomic E-state index is 13.7. The Balaban J connectivity index is 1.69. The lowest BCUT2D eigenvalue weighted by Gasteiger charge is -2.35. The summed E-state index contributed by atoms with van der Waals surface area (Å²) in [6.07, 6.45) is 1.43. The number of likely N-dealkylation sites (N-methyl/N-ethyl adjacent to an activating group) is 1. The van der Waals surface area contributed by atoms with E-state index in [1.165, 1.54) is 18.4 Å². The molecule has 0 bridgehead atoms. The van der Waals surface area contributed by atoms with Crippen LogP contribution < -0.4 is 5.32 Å². The van der Waals surface area contributed by atoms with Crippen LogP contribution in [0.4, 0.5) is 11.4 Å². The normalized spacial score (nSPS) is 24.9. The number of furan rings is 1. The van der Waals surface area contributed by atoms with Crippen LogP contribution in [0.2, 0.25) is 0 Å². The van der Waals surface area contributed by atoms with Gasteiger partial charge in [-0.25, -0.2) is 0 Å². The minimum Gasteiger partial charge on any atom is -0.461 e. The number of rotatable bonds is 4. The summed E-state index contributed by atoms with van der Waals surface area (Å²) in [4.78, 5) is 39.7. The standard InChI is InChI=1S/C23H19N3O5/c1-25-13-16(14-8-10-15(11-9-14)26(29)30)20(21(27)19-7-4-12-31-19)23(25)17-5-2-3-6-18(17)24-22(23)28/h2-12,16,20H,13H2,1H3,(H,24,28). The summed E-state index contributed by atoms with van der Waals surface area (Å²) in [7, 11) is 1.83. The van der Waals surface area contributed by atoms with E-state index in [4.69, 9.17) is 4.42 Å². The van der Waals surface area contributed by atoms with Gasteiger partial charge in [-0.3, -0.25) is 24.6 Å². The Hall–Kier alpha value is -3.78. The zero-order chi connectivity index (χ0) is 21.8. The molecule has 3 aromatic rings. The quantitative estimate of drug-likeness (QED) is 0.395. The molecule has 2 aliphatic heterocycles. The summed E-state index contributed by atoms with van der Waals surface area (Å²) < 4.78 is 5.41. The number of carbonyl (C=O) groups is 2. The summed E-state index contributed by atoms with van der Waals surface area (Å²) in [6.45, 7) is 0.427. The first-order valence-corrected chi connectivity index (χ1v) is 9.89. The van der Waals surface area contributed by atoms with Crippen LogP contribution >= 0.6 is 0 Å². The molecule has 1 fully saturated rings. The third kappa shape index (κ3) is 2.65. The molecule has 3 unspecified atom stereocenters. The molecular weight excluding hydrogens is 398 g/mol. The number of nitrogens with zero attached hydrogens (tertiary/aromatic N) is 2. The molecule has 2 aromatic carbocycles. The number of nitro benzene ring substituents is 1. The predicted molar refractivity (Wildman–Crippen MR) is 112 cm³/mol. The van der Waals surface area contributed by atoms with Crippen molar-refractivity contribution < 1.29 is 18.9 Å². The molecule has 0 radical (unpaired) electrons. The van der Waals surface area contributed by atoms with Gasteiger partial charge in [0.15, 0.2) is 5.76 Å². The SMILES string of the molecule is CN1CC(c2ccc([N+](=O)[O-])cc2)C(C(=O)c2ccco2)C12C(=O)Nc1ccccc12. The number of ketones is 1. The van der Waals surface area contributed by atoms with Gasteiger partial charge in [-0.05, 0) is 30.8 Å². The lowest BCUT2D eigenvalue weighted by molar-refractivity contribution is -0.384. The number of likely N-dealkylation sites (tertiary alicyclic amines) is 1. The number of amides is 1. The Bertz CT molecular complexity index is 1190. The molecule has 1 N–H and O–H groups in total. The van der Waals surface area contributed by atoms with E-state index in [-0.39, 0.29) is 29.1 Å². The molecule has 1 spiro atoms. The Kier molecular flexibility index (Phi) is 4.26. The summed E-state index contributed by atoms with van der Waals surface area (Å²) in [5, 5.41) is 14.0. The number of nitrogens with one attached hydrogen (secondary N) is 1. The van der Waals surface area contributed by atoms with E-state index in [0.29, 0.717) is 12.2 Å². The molecule has 156 valence electrons. The highest BCUT2D eigenvalue weighted by molar-refractivity contribution is 6.11. The van der Waals surface area contributed by atoms with E-state index in [2.05, 4.69) is 5.32 Å². The predicted octanol–water partition coefficient (Wildman–Crippen LogP) is 3.56. The van der Waals surface area contributed by atoms with Gasteiger partial charge >= 0.3 is 0 Å². The summed E-state index contributed by atoms with van der Waals surface area (Å²) >= 11 is 0. The molecule has 8 nitrogen and oxygen atoms in total. The van der Waals surface area contributed by atoms with Gasteiger partial charge < -0.3 is 9.73 Å². The number of carbonyl (C=O) groups excluding carboxylic acids is 2. The highest BCUT2D eigenvalue weighted by atomic mass is 16.6. The van der Waals surface area contributed by atoms with Gasteiger partial charge in [-0.1, -0.05) is 30.3 Å². The zero-order valence-corrected chi connectivity index (χ0v) is 16.6. The number of hydrogen-bond donors (Lipinski definition) is 1. The number of Topliss-reactive ketones (excluding diaryl/α,β-unsaturated/α-hetero) is 1. The second-order valence-electron chi connectivity index (χ2n) is 7.92. The van der Waals surface area contributed by atoms with E-state index >= 15 is 0 Å². The maximum Gasteiger partial charge on any atom is 0.269 e. The van der Waals surface area contributed by atoms with Gasteiger partial charge in [0.05, 0.1) is 17.1 Å². The van der Waals surface area contributed by atoms with Crippen molar-refractivity contribution >= 4 is 23.1 Å². The van der Waals surface area contributed by atoms with Crippen LogP contribution in [-0.2, 0) is 10.3 Å². The number of fused-ring (bicyclic) bond motifs is 2. The molecule has 5 rings (SSSR count). The number of nitro groups is 1. The topological polar surface area (TPSA) is 106 Å². The maximum atomic E-state index is 13.7. The van der Waals surface area contributed by atoms with E-state index in [9.17, 15) is 19.7 Å². The number of hydrogen-bond acceptors (Lipinski definition) is 6. The highest BCUT2D eigenvalue weighted by Gasteiger charge is 2.64. The second kappa shape index (κ2) is 6.88. The first kappa shape index (κ1) is 19.2. The van der Waals surface area contributed by atoms with Crippen molar-refractivity contribution in [2.24, 2.45) is 5.92 Å². The van der Waals surface area contributed by atoms with Crippen LogP contribution in [0.5, 0.6) is 0 Å². The van der Waals surface area contributed by atoms with Gasteiger partial charge in [-0.2, -0.15) is 0 Å². The van der Waals surface area contributed by atoms with Crippen molar-refractivity contribution in [3.63, 3.8) is 0 Å². The fourth-order valence-corrected chi connectivity index (χ4v) is 5.11. The summed E-state index contributed by atoms with van der Waals surface area (Å²) in [5.41, 5.74) is 0.962. The fraction of sp³-hybridized carbons (Fsp3) is 0.217. The number of non-ortho nitro benzene ring substituents is 1. The lowest BCUT2D eigenvalue weighted by atomic mass is 9.71. The Morgan fingerprint density at radius 3 is 2.58 bits per heavy atom. The van der Waals surface area contributed by atoms with Crippen molar-refractivity contribution in [1.29, 1.82) is 0 Å². The molecule has 3 heterocycles. The van der Waals surface area contributed by atoms with E-state index in [1.807, 2.05) is 36.2 Å². The van der Waals surface area contributed by atoms with Gasteiger partial charge in [-0.15, -0.1) is 0 Å². The molecular formula is C23H19N3O5. The van der Waals surface area contributed by atoms with E-state index in [1.54, 1.807) is 24.3 Å². The van der Waals surface area contributed by atoms with Crippen LogP contribution in [-0.4, -0.2) is 35.1 Å². The third-order valence-electron chi connectivity index (χ3n) is 6.44. The van der Waals surface area contributed by atoms with Crippen LogP contribution in [0.15, 0.2) is 71.3 Å². The van der Waals surface area contributed by atoms with Crippen molar-refractivity contribution in [2.75, 3.05) is 18.9 Å². The smallest absolute Gasteiger partial charge is 0.269 e. The average Bonchev–Trinajstić information content (AvgIpc) is 3.47. The molecule has 31 heavy (non-hydrogen) atoms. The number of anilines is 1. The number of benzene rings is 2. The fourth-order valence-electron chi connectivity index (χ4n) is 5.11. The molecule has 0 saturated carbocycles. The molecule has 1 saturated heterocycles. The Labute approximate surface area is 177 Å². The van der Waals surface area contributed by atoms with Crippen LogP contribution in [0.3, 0.4) is 0 Å². The van der Waals surface area contributed by atoms with Gasteiger partial charge in [0, 0.05) is 35.8 Å². The minimum atomic E-state index is -1.20. The van der Waals surface area contributed by atoms with Gasteiger partial charge in [0.1, 0.15) is 5.54 Å². The van der Waals surface area contributed by atoms with Gasteiger partial charge in [0.2, 0.25) is 11.7 Å². The van der Waals surface area contributed by atoms with Crippen LogP contribution in [0.25, 0.3) is 0 Å². The highest BCUT2D eigenvalue weighted by Crippen LogP contribution is 2.55. The number of para-hydroxylation sites is 1. The Morgan fingerprint density at radius 2 is 1.90 bits per heavy atom. The molecule has 2 aliphatic rings. The Morgan fingerprint density at radius 1 is 1.16 bits per heavy atom. The van der Waals surface area contributed by atoms with Crippen molar-refractivity contribution in [3.8, 4) is 0 Å². The molecule has 3 atom stereocenters. The largest absolute Gasteiger partial charge is 0.461 e. The third-order valence-corrected chi connectivity index (χ3v) is 6.44. The molecule has 0 aliphatic carbocycles. The monoisotopic (exact) mass is 417 g/mol. The lowest BCUT2D eigenvalue weighted by Crippen LogP contribution is -2.51.